The van der Waals surface area contributed by atoms with Gasteiger partial charge >= 0.3 is 0 Å². The van der Waals surface area contributed by atoms with Crippen LogP contribution in [0, 0.1) is 0 Å². The van der Waals surface area contributed by atoms with Gasteiger partial charge in [-0.3, -0.25) is 4.90 Å². The molecule has 0 atom stereocenters. The molecule has 1 heterocycles. The Morgan fingerprint density at radius 1 is 1.05 bits per heavy atom. The molecule has 4 nitrogen and oxygen atoms in total. The normalized spacial score (nSPS) is 20.1. The maximum absolute atomic E-state index is 11.5. The number of sulfone groups is 1. The van der Waals surface area contributed by atoms with Crippen LogP contribution in [-0.2, 0) is 22.8 Å². The summed E-state index contributed by atoms with van der Waals surface area (Å²) in [6.07, 6.45) is 1.65. The van der Waals surface area contributed by atoms with Crippen molar-refractivity contribution in [2.45, 2.75) is 19.4 Å². The fraction of sp³-hybridized carbons (Fsp3) is 0.571. The zero-order valence-electron chi connectivity index (χ0n) is 11.2. The quantitative estimate of drug-likeness (QED) is 0.887. The van der Waals surface area contributed by atoms with Crippen LogP contribution in [0.2, 0.25) is 0 Å². The number of nitrogens with zero attached hydrogens (tertiary/aromatic N) is 1. The highest BCUT2D eigenvalue weighted by molar-refractivity contribution is 7.91. The second-order valence-corrected chi connectivity index (χ2v) is 7.44. The Kier molecular flexibility index (Phi) is 4.96. The fourth-order valence-electron chi connectivity index (χ4n) is 2.38. The van der Waals surface area contributed by atoms with Gasteiger partial charge in [-0.05, 0) is 37.1 Å². The summed E-state index contributed by atoms with van der Waals surface area (Å²) in [7, 11) is -2.81. The van der Waals surface area contributed by atoms with Gasteiger partial charge in [-0.1, -0.05) is 24.3 Å². The van der Waals surface area contributed by atoms with Crippen molar-refractivity contribution < 1.29 is 8.42 Å². The lowest BCUT2D eigenvalue weighted by Gasteiger charge is -2.19. The van der Waals surface area contributed by atoms with Crippen LogP contribution in [0.3, 0.4) is 0 Å². The molecule has 1 aromatic carbocycles. The van der Waals surface area contributed by atoms with Crippen LogP contribution in [-0.4, -0.2) is 44.5 Å². The Bertz CT molecular complexity index is 497. The molecule has 0 bridgehead atoms. The van der Waals surface area contributed by atoms with Gasteiger partial charge in [0, 0.05) is 13.1 Å². The third kappa shape index (κ3) is 4.60. The first kappa shape index (κ1) is 14.5. The average Bonchev–Trinajstić information content (AvgIpc) is 2.54. The molecular formula is C14H22N2O2S. The van der Waals surface area contributed by atoms with Crippen molar-refractivity contribution in [1.29, 1.82) is 0 Å². The molecule has 0 spiro atoms. The molecule has 1 aliphatic rings. The molecule has 0 radical (unpaired) electrons. The van der Waals surface area contributed by atoms with Crippen LogP contribution in [0.15, 0.2) is 24.3 Å². The van der Waals surface area contributed by atoms with E-state index in [4.69, 9.17) is 5.73 Å². The van der Waals surface area contributed by atoms with Crippen LogP contribution in [0.4, 0.5) is 0 Å². The highest BCUT2D eigenvalue weighted by atomic mass is 32.2. The predicted octanol–water partition coefficient (Wildman–Crippen LogP) is 0.808. The van der Waals surface area contributed by atoms with E-state index in [0.717, 1.165) is 25.9 Å². The summed E-state index contributed by atoms with van der Waals surface area (Å²) in [4.78, 5) is 2.22. The molecule has 0 aromatic heterocycles. The van der Waals surface area contributed by atoms with Crippen molar-refractivity contribution in [2.75, 3.05) is 31.1 Å². The Morgan fingerprint density at radius 2 is 1.74 bits per heavy atom. The summed E-state index contributed by atoms with van der Waals surface area (Å²) in [5.74, 6) is 0.622. The summed E-state index contributed by atoms with van der Waals surface area (Å²) < 4.78 is 23.1. The first-order chi connectivity index (χ1) is 9.09. The minimum absolute atomic E-state index is 0.290. The van der Waals surface area contributed by atoms with E-state index in [1.807, 2.05) is 0 Å². The maximum atomic E-state index is 11.5. The molecule has 1 fully saturated rings. The molecule has 2 N–H and O–H groups in total. The Balaban J connectivity index is 1.93. The number of benzene rings is 1. The Morgan fingerprint density at radius 3 is 2.42 bits per heavy atom. The smallest absolute Gasteiger partial charge is 0.151 e. The van der Waals surface area contributed by atoms with Crippen molar-refractivity contribution in [1.82, 2.24) is 4.90 Å². The molecular weight excluding hydrogens is 260 g/mol. The second-order valence-electron chi connectivity index (χ2n) is 5.14. The highest BCUT2D eigenvalue weighted by Crippen LogP contribution is 2.11. The summed E-state index contributed by atoms with van der Waals surface area (Å²) in [5.41, 5.74) is 8.02. The monoisotopic (exact) mass is 282 g/mol. The summed E-state index contributed by atoms with van der Waals surface area (Å²) in [6, 6.07) is 8.45. The Hall–Kier alpha value is -0.910. The average molecular weight is 282 g/mol. The number of hydrogen-bond donors (Lipinski definition) is 1. The van der Waals surface area contributed by atoms with Gasteiger partial charge in [0.05, 0.1) is 11.5 Å². The van der Waals surface area contributed by atoms with Crippen molar-refractivity contribution in [3.05, 3.63) is 35.4 Å². The molecule has 1 saturated heterocycles. The molecule has 106 valence electrons. The molecule has 1 aliphatic heterocycles. The first-order valence-corrected chi connectivity index (χ1v) is 8.62. The van der Waals surface area contributed by atoms with Gasteiger partial charge in [-0.2, -0.15) is 0 Å². The van der Waals surface area contributed by atoms with E-state index in [0.29, 0.717) is 18.8 Å². The van der Waals surface area contributed by atoms with E-state index in [9.17, 15) is 8.42 Å². The van der Waals surface area contributed by atoms with Crippen molar-refractivity contribution in [2.24, 2.45) is 5.73 Å². The predicted molar refractivity (Wildman–Crippen MR) is 77.7 cm³/mol. The lowest BCUT2D eigenvalue weighted by Crippen LogP contribution is -2.26. The zero-order valence-corrected chi connectivity index (χ0v) is 12.0. The fourth-order valence-corrected chi connectivity index (χ4v) is 3.69. The van der Waals surface area contributed by atoms with E-state index in [-0.39, 0.29) is 5.75 Å². The van der Waals surface area contributed by atoms with Crippen LogP contribution in [0.5, 0.6) is 0 Å². The summed E-state index contributed by atoms with van der Waals surface area (Å²) in [6.45, 7) is 3.01. The van der Waals surface area contributed by atoms with E-state index in [1.165, 1.54) is 11.1 Å². The molecule has 2 rings (SSSR count). The molecule has 0 amide bonds. The van der Waals surface area contributed by atoms with Crippen molar-refractivity contribution in [3.8, 4) is 0 Å². The first-order valence-electron chi connectivity index (χ1n) is 6.80. The highest BCUT2D eigenvalue weighted by Gasteiger charge is 2.18. The maximum Gasteiger partial charge on any atom is 0.151 e. The third-order valence-corrected chi connectivity index (χ3v) is 5.23. The summed E-state index contributed by atoms with van der Waals surface area (Å²) in [5, 5.41) is 0. The molecule has 1 aromatic rings. The van der Waals surface area contributed by atoms with E-state index < -0.39 is 9.84 Å². The van der Waals surface area contributed by atoms with E-state index >= 15 is 0 Å². The second kappa shape index (κ2) is 6.50. The van der Waals surface area contributed by atoms with Crippen LogP contribution in [0.25, 0.3) is 0 Å². The molecule has 0 aliphatic carbocycles. The van der Waals surface area contributed by atoms with Gasteiger partial charge in [-0.25, -0.2) is 8.42 Å². The number of nitrogens with two attached hydrogens (primary N) is 1. The lowest BCUT2D eigenvalue weighted by molar-refractivity contribution is 0.287. The standard InChI is InChI=1S/C14H22N2O2S/c15-7-6-13-2-4-14(5-3-13)12-16-8-1-10-19(17,18)11-9-16/h2-5H,1,6-12,15H2. The van der Waals surface area contributed by atoms with Gasteiger partial charge in [-0.15, -0.1) is 0 Å². The van der Waals surface area contributed by atoms with Crippen molar-refractivity contribution >= 4 is 9.84 Å². The van der Waals surface area contributed by atoms with Crippen LogP contribution < -0.4 is 5.73 Å². The third-order valence-electron chi connectivity index (χ3n) is 3.51. The minimum atomic E-state index is -2.81. The van der Waals surface area contributed by atoms with Gasteiger partial charge in [0.25, 0.3) is 0 Å². The van der Waals surface area contributed by atoms with E-state index in [1.54, 1.807) is 0 Å². The van der Waals surface area contributed by atoms with Gasteiger partial charge in [0.15, 0.2) is 9.84 Å². The Labute approximate surface area is 115 Å². The lowest BCUT2D eigenvalue weighted by atomic mass is 10.1. The largest absolute Gasteiger partial charge is 0.330 e. The topological polar surface area (TPSA) is 63.4 Å². The van der Waals surface area contributed by atoms with Gasteiger partial charge in [0.2, 0.25) is 0 Å². The summed E-state index contributed by atoms with van der Waals surface area (Å²) >= 11 is 0. The number of rotatable bonds is 4. The molecule has 0 saturated carbocycles. The van der Waals surface area contributed by atoms with E-state index in [2.05, 4.69) is 29.2 Å². The molecule has 5 heteroatoms. The zero-order chi connectivity index (χ0) is 13.7. The van der Waals surface area contributed by atoms with Crippen molar-refractivity contribution in [3.63, 3.8) is 0 Å². The van der Waals surface area contributed by atoms with Crippen LogP contribution in [0.1, 0.15) is 17.5 Å². The van der Waals surface area contributed by atoms with Gasteiger partial charge < -0.3 is 5.73 Å². The number of hydrogen-bond acceptors (Lipinski definition) is 4. The minimum Gasteiger partial charge on any atom is -0.330 e. The molecule has 0 unspecified atom stereocenters. The SMILES string of the molecule is NCCc1ccc(CN2CCCS(=O)(=O)CC2)cc1. The van der Waals surface area contributed by atoms with Gasteiger partial charge in [0.1, 0.15) is 0 Å². The molecule has 19 heavy (non-hydrogen) atoms. The van der Waals surface area contributed by atoms with Crippen LogP contribution >= 0.6 is 0 Å².